The van der Waals surface area contributed by atoms with E-state index in [1.807, 2.05) is 0 Å². The highest BCUT2D eigenvalue weighted by atomic mass is 16.3. The lowest BCUT2D eigenvalue weighted by Gasteiger charge is -2.19. The first-order chi connectivity index (χ1) is 9.97. The number of hydrogen-bond acceptors (Lipinski definition) is 5. The number of phenolic OH excluding ortho intramolecular Hbond substituents is 2. The molecule has 6 nitrogen and oxygen atoms in total. The second-order valence-corrected chi connectivity index (χ2v) is 4.95. The number of nitrogens with one attached hydrogen (secondary N) is 1. The highest BCUT2D eigenvalue weighted by Gasteiger charge is 2.14. The molecule has 0 aliphatic rings. The van der Waals surface area contributed by atoms with E-state index in [-0.39, 0.29) is 17.4 Å². The normalized spacial score (nSPS) is 12.4. The van der Waals surface area contributed by atoms with Crippen LogP contribution in [0, 0.1) is 0 Å². The molecule has 1 atom stereocenters. The summed E-state index contributed by atoms with van der Waals surface area (Å²) in [5, 5.41) is 21.5. The summed E-state index contributed by atoms with van der Waals surface area (Å²) in [6, 6.07) is 3.76. The molecule has 0 saturated carbocycles. The maximum atomic E-state index is 11.9. The van der Waals surface area contributed by atoms with Gasteiger partial charge in [-0.3, -0.25) is 4.79 Å². The summed E-state index contributed by atoms with van der Waals surface area (Å²) in [5.74, 6) is -0.604. The number of likely N-dealkylation sites (N-methyl/N-ethyl adjacent to an activating group) is 1. The summed E-state index contributed by atoms with van der Waals surface area (Å²) in [6.45, 7) is 7.42. The highest BCUT2D eigenvalue weighted by Crippen LogP contribution is 2.25. The average molecular weight is 295 g/mol. The van der Waals surface area contributed by atoms with Gasteiger partial charge in [0.15, 0.2) is 11.5 Å². The number of aromatic hydroxyl groups is 2. The van der Waals surface area contributed by atoms with Crippen molar-refractivity contribution in [2.24, 2.45) is 5.73 Å². The maximum absolute atomic E-state index is 11.9. The van der Waals surface area contributed by atoms with Crippen LogP contribution in [0.3, 0.4) is 0 Å². The van der Waals surface area contributed by atoms with Crippen LogP contribution in [-0.2, 0) is 11.2 Å². The van der Waals surface area contributed by atoms with Gasteiger partial charge in [-0.1, -0.05) is 19.9 Å². The zero-order chi connectivity index (χ0) is 15.8. The first-order valence-corrected chi connectivity index (χ1v) is 7.24. The van der Waals surface area contributed by atoms with E-state index in [1.54, 1.807) is 6.07 Å². The first-order valence-electron chi connectivity index (χ1n) is 7.24. The molecule has 5 N–H and O–H groups in total. The lowest BCUT2D eigenvalue weighted by Crippen LogP contribution is -2.44. The zero-order valence-electron chi connectivity index (χ0n) is 12.7. The van der Waals surface area contributed by atoms with E-state index >= 15 is 0 Å². The number of nitrogens with zero attached hydrogens (tertiary/aromatic N) is 1. The van der Waals surface area contributed by atoms with Crippen LogP contribution in [0.25, 0.3) is 0 Å². The number of carbonyl (C=O) groups is 1. The molecule has 0 saturated heterocycles. The molecule has 1 aromatic rings. The molecule has 0 spiro atoms. The van der Waals surface area contributed by atoms with Crippen molar-refractivity contribution < 1.29 is 15.0 Å². The quantitative estimate of drug-likeness (QED) is 0.521. The fourth-order valence-corrected chi connectivity index (χ4v) is 2.05. The van der Waals surface area contributed by atoms with Crippen molar-refractivity contribution in [1.29, 1.82) is 0 Å². The molecule has 0 unspecified atom stereocenters. The van der Waals surface area contributed by atoms with Gasteiger partial charge in [-0.2, -0.15) is 0 Å². The molecule has 1 rings (SSSR count). The van der Waals surface area contributed by atoms with Gasteiger partial charge in [-0.25, -0.2) is 0 Å². The van der Waals surface area contributed by atoms with Crippen LogP contribution in [0.4, 0.5) is 0 Å². The van der Waals surface area contributed by atoms with Gasteiger partial charge in [0, 0.05) is 13.1 Å². The Kier molecular flexibility index (Phi) is 6.98. The minimum atomic E-state index is -0.675. The van der Waals surface area contributed by atoms with Crippen LogP contribution in [-0.4, -0.2) is 53.2 Å². The zero-order valence-corrected chi connectivity index (χ0v) is 12.7. The summed E-state index contributed by atoms with van der Waals surface area (Å²) < 4.78 is 0. The van der Waals surface area contributed by atoms with Gasteiger partial charge in [0.2, 0.25) is 5.91 Å². The van der Waals surface area contributed by atoms with Crippen LogP contribution in [0.15, 0.2) is 18.2 Å². The van der Waals surface area contributed by atoms with Gasteiger partial charge in [-0.15, -0.1) is 0 Å². The predicted octanol–water partition coefficient (Wildman–Crippen LogP) is 0.426. The minimum Gasteiger partial charge on any atom is -0.504 e. The number of benzene rings is 1. The number of hydrogen-bond donors (Lipinski definition) is 4. The van der Waals surface area contributed by atoms with Gasteiger partial charge in [0.05, 0.1) is 6.04 Å². The summed E-state index contributed by atoms with van der Waals surface area (Å²) >= 11 is 0. The molecule has 0 heterocycles. The van der Waals surface area contributed by atoms with Crippen LogP contribution in [0.2, 0.25) is 0 Å². The average Bonchev–Trinajstić information content (AvgIpc) is 2.47. The number of phenols is 2. The number of carbonyl (C=O) groups excluding carboxylic acids is 1. The van der Waals surface area contributed by atoms with Gasteiger partial charge >= 0.3 is 0 Å². The van der Waals surface area contributed by atoms with Crippen molar-refractivity contribution in [2.45, 2.75) is 26.3 Å². The lowest BCUT2D eigenvalue weighted by atomic mass is 10.1. The lowest BCUT2D eigenvalue weighted by molar-refractivity contribution is -0.122. The second-order valence-electron chi connectivity index (χ2n) is 4.95. The number of nitrogens with two attached hydrogens (primary N) is 1. The molecule has 0 bridgehead atoms. The Labute approximate surface area is 125 Å². The number of rotatable bonds is 8. The largest absolute Gasteiger partial charge is 0.504 e. The molecular weight excluding hydrogens is 270 g/mol. The summed E-state index contributed by atoms with van der Waals surface area (Å²) in [4.78, 5) is 14.1. The molecule has 21 heavy (non-hydrogen) atoms. The van der Waals surface area contributed by atoms with Crippen molar-refractivity contribution in [3.63, 3.8) is 0 Å². The van der Waals surface area contributed by atoms with E-state index < -0.39 is 6.04 Å². The van der Waals surface area contributed by atoms with Crippen LogP contribution in [0.5, 0.6) is 11.5 Å². The van der Waals surface area contributed by atoms with Crippen molar-refractivity contribution in [1.82, 2.24) is 10.2 Å². The van der Waals surface area contributed by atoms with E-state index in [0.29, 0.717) is 18.5 Å². The summed E-state index contributed by atoms with van der Waals surface area (Å²) in [6.07, 6.45) is 0.310. The number of amides is 1. The minimum absolute atomic E-state index is 0.184. The van der Waals surface area contributed by atoms with Gasteiger partial charge in [-0.05, 0) is 37.2 Å². The fraction of sp³-hybridized carbons (Fsp3) is 0.533. The predicted molar refractivity (Wildman–Crippen MR) is 82.2 cm³/mol. The molecule has 1 aromatic carbocycles. The Bertz CT molecular complexity index is 461. The van der Waals surface area contributed by atoms with Crippen LogP contribution >= 0.6 is 0 Å². The fourth-order valence-electron chi connectivity index (χ4n) is 2.05. The maximum Gasteiger partial charge on any atom is 0.237 e. The van der Waals surface area contributed by atoms with Crippen molar-refractivity contribution in [3.05, 3.63) is 23.8 Å². The Morgan fingerprint density at radius 3 is 2.52 bits per heavy atom. The monoisotopic (exact) mass is 295 g/mol. The smallest absolute Gasteiger partial charge is 0.237 e. The van der Waals surface area contributed by atoms with E-state index in [1.165, 1.54) is 12.1 Å². The SMILES string of the molecule is CCN(CC)CCNC(=O)[C@@H](N)Cc1ccc(O)c(O)c1. The van der Waals surface area contributed by atoms with Crippen molar-refractivity contribution in [2.75, 3.05) is 26.2 Å². The van der Waals surface area contributed by atoms with E-state index in [4.69, 9.17) is 5.73 Å². The summed E-state index contributed by atoms with van der Waals surface area (Å²) in [7, 11) is 0. The molecule has 0 aromatic heterocycles. The molecule has 118 valence electrons. The standard InChI is InChI=1S/C15H25N3O3/c1-3-18(4-2)8-7-17-15(21)12(16)9-11-5-6-13(19)14(20)10-11/h5-6,10,12,19-20H,3-4,7-9,16H2,1-2H3,(H,17,21)/t12-/m0/s1. The third-order valence-corrected chi connectivity index (χ3v) is 3.45. The van der Waals surface area contributed by atoms with Gasteiger partial charge in [0.25, 0.3) is 0 Å². The van der Waals surface area contributed by atoms with Crippen LogP contribution in [0.1, 0.15) is 19.4 Å². The molecule has 0 aliphatic heterocycles. The van der Waals surface area contributed by atoms with E-state index in [0.717, 1.165) is 19.6 Å². The van der Waals surface area contributed by atoms with E-state index in [9.17, 15) is 15.0 Å². The Morgan fingerprint density at radius 2 is 1.95 bits per heavy atom. The summed E-state index contributed by atoms with van der Waals surface area (Å²) in [5.41, 5.74) is 6.55. The van der Waals surface area contributed by atoms with Gasteiger partial charge in [0.1, 0.15) is 0 Å². The molecule has 1 amide bonds. The molecule has 0 fully saturated rings. The van der Waals surface area contributed by atoms with Crippen LogP contribution < -0.4 is 11.1 Å². The van der Waals surface area contributed by atoms with Gasteiger partial charge < -0.3 is 26.2 Å². The highest BCUT2D eigenvalue weighted by molar-refractivity contribution is 5.81. The van der Waals surface area contributed by atoms with Crippen molar-refractivity contribution >= 4 is 5.91 Å². The first kappa shape index (κ1) is 17.3. The third kappa shape index (κ3) is 5.61. The molecule has 6 heteroatoms. The van der Waals surface area contributed by atoms with Crippen molar-refractivity contribution in [3.8, 4) is 11.5 Å². The Morgan fingerprint density at radius 1 is 1.29 bits per heavy atom. The molecule has 0 aliphatic carbocycles. The van der Waals surface area contributed by atoms with E-state index in [2.05, 4.69) is 24.1 Å². The molecular formula is C15H25N3O3. The molecule has 0 radical (unpaired) electrons. The Hall–Kier alpha value is -1.79. The Balaban J connectivity index is 2.42. The topological polar surface area (TPSA) is 98.8 Å². The third-order valence-electron chi connectivity index (χ3n) is 3.45. The second kappa shape index (κ2) is 8.49.